The molecular weight excluding hydrogens is 359 g/mol. The Hall–Kier alpha value is 0.827. The monoisotopic (exact) mass is 388 g/mol. The molecule has 0 N–H and O–H groups in total. The van der Waals surface area contributed by atoms with E-state index in [4.69, 9.17) is 13.9 Å². The Bertz CT molecular complexity index is 166. The van der Waals surface area contributed by atoms with E-state index in [1.807, 2.05) is 13.8 Å². The van der Waals surface area contributed by atoms with Crippen molar-refractivity contribution in [1.82, 2.24) is 0 Å². The quantitative estimate of drug-likeness (QED) is 0.159. The molecule has 18 heavy (non-hydrogen) atoms. The first-order valence-corrected chi connectivity index (χ1v) is 9.87. The van der Waals surface area contributed by atoms with Crippen LogP contribution in [0.3, 0.4) is 0 Å². The minimum Gasteiger partial charge on any atom is -0.377 e. The lowest BCUT2D eigenvalue weighted by Gasteiger charge is -2.19. The van der Waals surface area contributed by atoms with Gasteiger partial charge in [-0.05, 0) is 20.3 Å². The van der Waals surface area contributed by atoms with Crippen LogP contribution >= 0.6 is 22.6 Å². The van der Waals surface area contributed by atoms with Crippen LogP contribution in [0.25, 0.3) is 0 Å². The Morgan fingerprint density at radius 1 is 0.944 bits per heavy atom. The van der Waals surface area contributed by atoms with E-state index in [0.29, 0.717) is 16.8 Å². The molecule has 110 valence electrons. The molecule has 0 aliphatic carbocycles. The van der Waals surface area contributed by atoms with Gasteiger partial charge >= 0.3 is 0 Å². The van der Waals surface area contributed by atoms with Crippen molar-refractivity contribution < 1.29 is 13.9 Å². The molecule has 3 nitrogen and oxygen atoms in total. The van der Waals surface area contributed by atoms with Crippen LogP contribution in [-0.2, 0) is 13.9 Å². The van der Waals surface area contributed by atoms with Gasteiger partial charge < -0.3 is 13.9 Å². The van der Waals surface area contributed by atoms with Crippen molar-refractivity contribution in [3.8, 4) is 0 Å². The molecular formula is C13H29IO3Si. The molecule has 0 aromatic carbocycles. The fourth-order valence-corrected chi connectivity index (χ4v) is 3.73. The van der Waals surface area contributed by atoms with E-state index in [1.165, 1.54) is 38.5 Å². The lowest BCUT2D eigenvalue weighted by atomic mass is 10.1. The van der Waals surface area contributed by atoms with Crippen LogP contribution in [0.1, 0.15) is 59.3 Å². The molecule has 0 saturated heterocycles. The number of unbranched alkanes of at least 4 members (excludes halogenated alkanes) is 4. The molecule has 0 heterocycles. The fourth-order valence-electron chi connectivity index (χ4n) is 1.65. The van der Waals surface area contributed by atoms with Crippen LogP contribution in [0.2, 0.25) is 0 Å². The Kier molecular flexibility index (Phi) is 14.9. The Labute approximate surface area is 128 Å². The highest BCUT2D eigenvalue weighted by Crippen LogP contribution is 2.13. The Morgan fingerprint density at radius 3 is 2.11 bits per heavy atom. The zero-order valence-electron chi connectivity index (χ0n) is 12.1. The third kappa shape index (κ3) is 11.9. The number of rotatable bonds is 13. The van der Waals surface area contributed by atoms with Gasteiger partial charge in [-0.2, -0.15) is 0 Å². The summed E-state index contributed by atoms with van der Waals surface area (Å²) in [4.78, 5) is 0. The second kappa shape index (κ2) is 14.2. The molecule has 5 heteroatoms. The van der Waals surface area contributed by atoms with E-state index in [0.717, 1.165) is 0 Å². The average Bonchev–Trinajstić information content (AvgIpc) is 2.36. The van der Waals surface area contributed by atoms with E-state index in [-0.39, 0.29) is 0 Å². The summed E-state index contributed by atoms with van der Waals surface area (Å²) in [6.45, 7) is 7.04. The van der Waals surface area contributed by atoms with Gasteiger partial charge in [-0.1, -0.05) is 61.6 Å². The minimum atomic E-state index is -0.555. The largest absolute Gasteiger partial charge is 0.377 e. The zero-order valence-corrected chi connectivity index (χ0v) is 15.7. The van der Waals surface area contributed by atoms with E-state index in [9.17, 15) is 0 Å². The van der Waals surface area contributed by atoms with Gasteiger partial charge in [0.1, 0.15) is 0 Å². The molecule has 0 amide bonds. The molecule has 0 bridgehead atoms. The molecule has 0 aliphatic heterocycles. The first kappa shape index (κ1) is 18.8. The summed E-state index contributed by atoms with van der Waals surface area (Å²) in [5.41, 5.74) is 0. The standard InChI is InChI=1S/C13H29IO3Si/c1-4-7-8-9-10-11-12(14)18-17-13(15-5-2)16-6-3/h12-13H,4-11,18H2,1-3H3. The van der Waals surface area contributed by atoms with Gasteiger partial charge in [-0.3, -0.25) is 0 Å². The molecule has 0 fully saturated rings. The van der Waals surface area contributed by atoms with Crippen molar-refractivity contribution in [2.75, 3.05) is 13.2 Å². The Morgan fingerprint density at radius 2 is 1.56 bits per heavy atom. The fraction of sp³-hybridized carbons (Fsp3) is 1.00. The maximum absolute atomic E-state index is 5.75. The van der Waals surface area contributed by atoms with Crippen LogP contribution in [0.5, 0.6) is 0 Å². The number of hydrogen-bond donors (Lipinski definition) is 0. The molecule has 0 aliphatic rings. The lowest BCUT2D eigenvalue weighted by molar-refractivity contribution is -0.243. The molecule has 0 aromatic heterocycles. The molecule has 1 atom stereocenters. The lowest BCUT2D eigenvalue weighted by Crippen LogP contribution is -2.26. The summed E-state index contributed by atoms with van der Waals surface area (Å²) in [7, 11) is -0.555. The maximum Gasteiger partial charge on any atom is 0.261 e. The third-order valence-electron chi connectivity index (χ3n) is 2.64. The van der Waals surface area contributed by atoms with Crippen molar-refractivity contribution in [3.05, 3.63) is 0 Å². The normalized spacial score (nSPS) is 13.8. The predicted octanol–water partition coefficient (Wildman–Crippen LogP) is 3.57. The van der Waals surface area contributed by atoms with E-state index < -0.39 is 16.2 Å². The van der Waals surface area contributed by atoms with E-state index in [2.05, 4.69) is 29.5 Å². The summed E-state index contributed by atoms with van der Waals surface area (Å²) in [6.07, 6.45) is 8.04. The highest BCUT2D eigenvalue weighted by Gasteiger charge is 2.12. The van der Waals surface area contributed by atoms with Crippen molar-refractivity contribution >= 4 is 32.4 Å². The predicted molar refractivity (Wildman–Crippen MR) is 87.9 cm³/mol. The number of halogens is 1. The van der Waals surface area contributed by atoms with Gasteiger partial charge in [-0.25, -0.2) is 0 Å². The summed E-state index contributed by atoms with van der Waals surface area (Å²) >= 11 is 2.52. The van der Waals surface area contributed by atoms with Crippen molar-refractivity contribution in [1.29, 1.82) is 0 Å². The zero-order chi connectivity index (χ0) is 13.6. The first-order chi connectivity index (χ1) is 8.74. The van der Waals surface area contributed by atoms with Crippen LogP contribution in [0, 0.1) is 0 Å². The van der Waals surface area contributed by atoms with Gasteiger partial charge in [0.15, 0.2) is 9.76 Å². The van der Waals surface area contributed by atoms with Gasteiger partial charge in [0.25, 0.3) is 6.48 Å². The summed E-state index contributed by atoms with van der Waals surface area (Å²) in [5, 5.41) is 0. The van der Waals surface area contributed by atoms with Crippen LogP contribution < -0.4 is 0 Å². The van der Waals surface area contributed by atoms with Gasteiger partial charge in [0.2, 0.25) is 0 Å². The number of ether oxygens (including phenoxy) is 2. The van der Waals surface area contributed by atoms with Crippen LogP contribution in [-0.4, -0.2) is 33.0 Å². The average molecular weight is 388 g/mol. The molecule has 0 spiro atoms. The summed E-state index contributed by atoms with van der Waals surface area (Å²) in [5.74, 6) is 0. The highest BCUT2D eigenvalue weighted by molar-refractivity contribution is 14.1. The first-order valence-electron chi connectivity index (χ1n) is 7.23. The smallest absolute Gasteiger partial charge is 0.261 e. The molecule has 0 rings (SSSR count). The molecule has 1 unspecified atom stereocenters. The van der Waals surface area contributed by atoms with Gasteiger partial charge in [0.05, 0.1) is 0 Å². The molecule has 0 radical (unpaired) electrons. The summed E-state index contributed by atoms with van der Waals surface area (Å²) < 4.78 is 17.2. The van der Waals surface area contributed by atoms with Gasteiger partial charge in [-0.15, -0.1) is 0 Å². The van der Waals surface area contributed by atoms with Crippen molar-refractivity contribution in [2.24, 2.45) is 0 Å². The van der Waals surface area contributed by atoms with E-state index in [1.54, 1.807) is 0 Å². The third-order valence-corrected chi connectivity index (χ3v) is 5.58. The van der Waals surface area contributed by atoms with E-state index >= 15 is 0 Å². The number of alkyl halides is 1. The highest BCUT2D eigenvalue weighted by atomic mass is 127. The number of hydrogen-bond acceptors (Lipinski definition) is 3. The van der Waals surface area contributed by atoms with Crippen molar-refractivity contribution in [3.63, 3.8) is 0 Å². The Balaban J connectivity index is 3.50. The maximum atomic E-state index is 5.75. The van der Waals surface area contributed by atoms with Crippen molar-refractivity contribution in [2.45, 2.75) is 69.3 Å². The molecule has 0 saturated carbocycles. The minimum absolute atomic E-state index is 0.427. The SMILES string of the molecule is CCCCCCCC(I)[SiH2]OC(OCC)OCC. The topological polar surface area (TPSA) is 27.7 Å². The second-order valence-corrected chi connectivity index (χ2v) is 9.41. The van der Waals surface area contributed by atoms with Gasteiger partial charge in [0, 0.05) is 16.8 Å². The second-order valence-electron chi connectivity index (χ2n) is 4.33. The summed E-state index contributed by atoms with van der Waals surface area (Å²) in [6, 6.07) is 0. The van der Waals surface area contributed by atoms with Crippen LogP contribution in [0.4, 0.5) is 0 Å². The van der Waals surface area contributed by atoms with Crippen LogP contribution in [0.15, 0.2) is 0 Å². The molecule has 0 aromatic rings.